The van der Waals surface area contributed by atoms with Crippen LogP contribution in [0.15, 0.2) is 29.0 Å². The SMILES string of the molecule is NC(CC(=O)O)c1cnc2occc2c1. The lowest BCUT2D eigenvalue weighted by Gasteiger charge is -2.07. The summed E-state index contributed by atoms with van der Waals surface area (Å²) in [5.74, 6) is -0.921. The molecule has 0 spiro atoms. The highest BCUT2D eigenvalue weighted by Crippen LogP contribution is 2.19. The molecule has 15 heavy (non-hydrogen) atoms. The zero-order valence-electron chi connectivity index (χ0n) is 7.88. The molecule has 0 aliphatic rings. The molecule has 2 aromatic rings. The molecule has 0 amide bonds. The van der Waals surface area contributed by atoms with Crippen molar-refractivity contribution in [2.45, 2.75) is 12.5 Å². The van der Waals surface area contributed by atoms with Crippen LogP contribution in [0.5, 0.6) is 0 Å². The number of nitrogens with zero attached hydrogens (tertiary/aromatic N) is 1. The highest BCUT2D eigenvalue weighted by Gasteiger charge is 2.12. The van der Waals surface area contributed by atoms with Crippen LogP contribution in [0.1, 0.15) is 18.0 Å². The van der Waals surface area contributed by atoms with Gasteiger partial charge in [0.15, 0.2) is 0 Å². The second kappa shape index (κ2) is 3.70. The van der Waals surface area contributed by atoms with Gasteiger partial charge in [0.05, 0.1) is 12.7 Å². The smallest absolute Gasteiger partial charge is 0.305 e. The van der Waals surface area contributed by atoms with E-state index in [1.807, 2.05) is 0 Å². The first-order valence-corrected chi connectivity index (χ1v) is 4.47. The Bertz CT molecular complexity index is 492. The molecule has 0 saturated heterocycles. The zero-order valence-corrected chi connectivity index (χ0v) is 7.88. The van der Waals surface area contributed by atoms with Crippen LogP contribution in [-0.2, 0) is 4.79 Å². The topological polar surface area (TPSA) is 89.4 Å². The van der Waals surface area contributed by atoms with Crippen molar-refractivity contribution in [1.29, 1.82) is 0 Å². The second-order valence-corrected chi connectivity index (χ2v) is 3.29. The highest BCUT2D eigenvalue weighted by molar-refractivity contribution is 5.74. The molecule has 1 atom stereocenters. The van der Waals surface area contributed by atoms with Gasteiger partial charge in [-0.15, -0.1) is 0 Å². The van der Waals surface area contributed by atoms with E-state index >= 15 is 0 Å². The van der Waals surface area contributed by atoms with Crippen molar-refractivity contribution in [2.75, 3.05) is 0 Å². The summed E-state index contributed by atoms with van der Waals surface area (Å²) in [6.07, 6.45) is 2.97. The second-order valence-electron chi connectivity index (χ2n) is 3.29. The minimum atomic E-state index is -0.921. The fourth-order valence-electron chi connectivity index (χ4n) is 1.38. The van der Waals surface area contributed by atoms with Crippen LogP contribution in [-0.4, -0.2) is 16.1 Å². The lowest BCUT2D eigenvalue weighted by molar-refractivity contribution is -0.137. The minimum Gasteiger partial charge on any atom is -0.481 e. The van der Waals surface area contributed by atoms with Crippen LogP contribution < -0.4 is 5.73 Å². The maximum Gasteiger partial charge on any atom is 0.305 e. The molecule has 0 saturated carbocycles. The molecule has 2 aromatic heterocycles. The van der Waals surface area contributed by atoms with E-state index in [0.717, 1.165) is 5.39 Å². The van der Waals surface area contributed by atoms with Crippen molar-refractivity contribution in [1.82, 2.24) is 4.98 Å². The maximum absolute atomic E-state index is 10.5. The quantitative estimate of drug-likeness (QED) is 0.790. The Kier molecular flexibility index (Phi) is 2.39. The number of fused-ring (bicyclic) bond motifs is 1. The van der Waals surface area contributed by atoms with Gasteiger partial charge in [0.2, 0.25) is 5.71 Å². The minimum absolute atomic E-state index is 0.106. The Morgan fingerprint density at radius 2 is 2.47 bits per heavy atom. The van der Waals surface area contributed by atoms with Crippen molar-refractivity contribution in [3.63, 3.8) is 0 Å². The van der Waals surface area contributed by atoms with Gasteiger partial charge in [-0.3, -0.25) is 4.79 Å². The van der Waals surface area contributed by atoms with Gasteiger partial charge in [-0.2, -0.15) is 0 Å². The van der Waals surface area contributed by atoms with E-state index in [4.69, 9.17) is 15.3 Å². The lowest BCUT2D eigenvalue weighted by Crippen LogP contribution is -2.15. The van der Waals surface area contributed by atoms with Crippen LogP contribution in [0.25, 0.3) is 11.1 Å². The highest BCUT2D eigenvalue weighted by atomic mass is 16.4. The molecular weight excluding hydrogens is 196 g/mol. The van der Waals surface area contributed by atoms with Gasteiger partial charge in [0.25, 0.3) is 0 Å². The summed E-state index contributed by atoms with van der Waals surface area (Å²) < 4.78 is 5.07. The van der Waals surface area contributed by atoms with Crippen molar-refractivity contribution < 1.29 is 14.3 Å². The molecule has 5 heteroatoms. The normalized spacial score (nSPS) is 12.9. The number of carboxylic acids is 1. The number of aromatic nitrogens is 1. The summed E-state index contributed by atoms with van der Waals surface area (Å²) in [5.41, 5.74) is 6.93. The van der Waals surface area contributed by atoms with E-state index in [2.05, 4.69) is 4.98 Å². The van der Waals surface area contributed by atoms with Crippen LogP contribution in [0, 0.1) is 0 Å². The predicted molar refractivity (Wildman–Crippen MR) is 53.2 cm³/mol. The molecule has 2 rings (SSSR count). The Hall–Kier alpha value is -1.88. The molecule has 0 radical (unpaired) electrons. The van der Waals surface area contributed by atoms with E-state index in [1.54, 1.807) is 18.3 Å². The maximum atomic E-state index is 10.5. The first kappa shape index (κ1) is 9.67. The summed E-state index contributed by atoms with van der Waals surface area (Å²) in [7, 11) is 0. The van der Waals surface area contributed by atoms with E-state index in [9.17, 15) is 4.79 Å². The Labute approximate surface area is 85.5 Å². The molecular formula is C10H10N2O3. The Balaban J connectivity index is 2.30. The van der Waals surface area contributed by atoms with Crippen LogP contribution in [0.3, 0.4) is 0 Å². The van der Waals surface area contributed by atoms with Crippen LogP contribution in [0.4, 0.5) is 0 Å². The molecule has 0 fully saturated rings. The van der Waals surface area contributed by atoms with Gasteiger partial charge in [-0.1, -0.05) is 0 Å². The number of pyridine rings is 1. The summed E-state index contributed by atoms with van der Waals surface area (Å²) >= 11 is 0. The first-order chi connectivity index (χ1) is 7.16. The zero-order chi connectivity index (χ0) is 10.8. The fraction of sp³-hybridized carbons (Fsp3) is 0.200. The van der Waals surface area contributed by atoms with Crippen molar-refractivity contribution in [3.8, 4) is 0 Å². The number of rotatable bonds is 3. The van der Waals surface area contributed by atoms with E-state index in [-0.39, 0.29) is 6.42 Å². The average molecular weight is 206 g/mol. The Morgan fingerprint density at radius 3 is 3.20 bits per heavy atom. The van der Waals surface area contributed by atoms with E-state index < -0.39 is 12.0 Å². The van der Waals surface area contributed by atoms with Gasteiger partial charge in [0, 0.05) is 17.6 Å². The largest absolute Gasteiger partial charge is 0.481 e. The standard InChI is InChI=1S/C10H10N2O3/c11-8(4-9(13)14)7-3-6-1-2-15-10(6)12-5-7/h1-3,5,8H,4,11H2,(H,13,14). The molecule has 1 unspecified atom stereocenters. The first-order valence-electron chi connectivity index (χ1n) is 4.47. The van der Waals surface area contributed by atoms with Gasteiger partial charge in [-0.25, -0.2) is 4.98 Å². The third kappa shape index (κ3) is 1.97. The number of hydrogen-bond acceptors (Lipinski definition) is 4. The number of carboxylic acid groups (broad SMARTS) is 1. The lowest BCUT2D eigenvalue weighted by atomic mass is 10.1. The van der Waals surface area contributed by atoms with Gasteiger partial charge >= 0.3 is 5.97 Å². The molecule has 78 valence electrons. The molecule has 0 aromatic carbocycles. The Morgan fingerprint density at radius 1 is 1.67 bits per heavy atom. The predicted octanol–water partition coefficient (Wildman–Crippen LogP) is 1.30. The summed E-state index contributed by atoms with van der Waals surface area (Å²) in [6.45, 7) is 0. The fourth-order valence-corrected chi connectivity index (χ4v) is 1.38. The average Bonchev–Trinajstić information content (AvgIpc) is 2.62. The summed E-state index contributed by atoms with van der Waals surface area (Å²) in [6, 6.07) is 3.02. The molecule has 0 bridgehead atoms. The molecule has 5 nitrogen and oxygen atoms in total. The van der Waals surface area contributed by atoms with Gasteiger partial charge < -0.3 is 15.3 Å². The van der Waals surface area contributed by atoms with Crippen LogP contribution >= 0.6 is 0 Å². The third-order valence-corrected chi connectivity index (χ3v) is 2.15. The number of furan rings is 1. The summed E-state index contributed by atoms with van der Waals surface area (Å²) in [5, 5.41) is 9.43. The van der Waals surface area contributed by atoms with Crippen molar-refractivity contribution in [2.24, 2.45) is 5.73 Å². The van der Waals surface area contributed by atoms with Crippen molar-refractivity contribution in [3.05, 3.63) is 30.2 Å². The van der Waals surface area contributed by atoms with Gasteiger partial charge in [-0.05, 0) is 17.7 Å². The van der Waals surface area contributed by atoms with E-state index in [1.165, 1.54) is 6.26 Å². The van der Waals surface area contributed by atoms with Gasteiger partial charge in [0.1, 0.15) is 0 Å². The van der Waals surface area contributed by atoms with Crippen molar-refractivity contribution >= 4 is 17.1 Å². The number of carbonyl (C=O) groups is 1. The molecule has 0 aliphatic heterocycles. The molecule has 0 aliphatic carbocycles. The summed E-state index contributed by atoms with van der Waals surface area (Å²) in [4.78, 5) is 14.5. The number of aliphatic carboxylic acids is 1. The molecule has 3 N–H and O–H groups in total. The number of nitrogens with two attached hydrogens (primary N) is 1. The van der Waals surface area contributed by atoms with Crippen LogP contribution in [0.2, 0.25) is 0 Å². The van der Waals surface area contributed by atoms with E-state index in [0.29, 0.717) is 11.3 Å². The molecule has 2 heterocycles. The third-order valence-electron chi connectivity index (χ3n) is 2.15. The number of hydrogen-bond donors (Lipinski definition) is 2. The monoisotopic (exact) mass is 206 g/mol.